The first-order valence-electron chi connectivity index (χ1n) is 9.63. The summed E-state index contributed by atoms with van der Waals surface area (Å²) in [5, 5.41) is 24.8. The molecule has 15 heteroatoms. The Labute approximate surface area is 189 Å². The summed E-state index contributed by atoms with van der Waals surface area (Å²) in [6, 6.07) is -5.58. The van der Waals surface area contributed by atoms with E-state index in [4.69, 9.17) is 27.4 Å². The van der Waals surface area contributed by atoms with Gasteiger partial charge in [-0.1, -0.05) is 0 Å². The Morgan fingerprint density at radius 3 is 1.81 bits per heavy atom. The summed E-state index contributed by atoms with van der Waals surface area (Å²) in [7, 11) is 0. The quantitative estimate of drug-likeness (QED) is 0.0773. The van der Waals surface area contributed by atoms with Gasteiger partial charge in [-0.2, -0.15) is 12.6 Å². The molecule has 0 aromatic carbocycles. The van der Waals surface area contributed by atoms with E-state index in [1.807, 2.05) is 0 Å². The van der Waals surface area contributed by atoms with Gasteiger partial charge in [-0.25, -0.2) is 4.79 Å². The topological polar surface area (TPSA) is 257 Å². The Morgan fingerprint density at radius 1 is 0.812 bits per heavy atom. The number of nitrogens with one attached hydrogen (secondary N) is 3. The summed E-state index contributed by atoms with van der Waals surface area (Å²) in [6.07, 6.45) is -0.397. The van der Waals surface area contributed by atoms with Crippen LogP contribution in [0.4, 0.5) is 0 Å². The molecule has 4 unspecified atom stereocenters. The average molecular weight is 479 g/mol. The zero-order valence-electron chi connectivity index (χ0n) is 17.3. The van der Waals surface area contributed by atoms with Gasteiger partial charge in [-0.05, 0) is 25.8 Å². The Kier molecular flexibility index (Phi) is 13.6. The van der Waals surface area contributed by atoms with Crippen LogP contribution in [-0.2, 0) is 28.8 Å². The minimum Gasteiger partial charge on any atom is -0.481 e. The number of carboxylic acids is 2. The van der Waals surface area contributed by atoms with Gasteiger partial charge in [0.05, 0.1) is 18.9 Å². The number of unbranched alkanes of at least 4 members (excludes halogenated alkanes) is 1. The molecule has 0 saturated heterocycles. The minimum absolute atomic E-state index is 0.0720. The SMILES string of the molecule is NCCCCC(NC(=O)C(CC(=O)O)NC(=O)C(N)CC(N)=O)C(=O)NC(CS)C(=O)O. The number of rotatable bonds is 16. The van der Waals surface area contributed by atoms with Crippen LogP contribution >= 0.6 is 12.6 Å². The van der Waals surface area contributed by atoms with Gasteiger partial charge in [0.15, 0.2) is 0 Å². The summed E-state index contributed by atoms with van der Waals surface area (Å²) in [5.41, 5.74) is 15.9. The van der Waals surface area contributed by atoms with Crippen LogP contribution in [0.5, 0.6) is 0 Å². The van der Waals surface area contributed by atoms with Crippen LogP contribution in [0.3, 0.4) is 0 Å². The number of aliphatic carboxylic acids is 2. The van der Waals surface area contributed by atoms with E-state index >= 15 is 0 Å². The zero-order valence-corrected chi connectivity index (χ0v) is 18.2. The van der Waals surface area contributed by atoms with Gasteiger partial charge in [0.1, 0.15) is 18.1 Å². The van der Waals surface area contributed by atoms with Gasteiger partial charge < -0.3 is 43.4 Å². The summed E-state index contributed by atoms with van der Waals surface area (Å²) < 4.78 is 0. The van der Waals surface area contributed by atoms with Crippen molar-refractivity contribution in [3.63, 3.8) is 0 Å². The molecule has 0 saturated carbocycles. The van der Waals surface area contributed by atoms with Crippen molar-refractivity contribution in [2.45, 2.75) is 56.3 Å². The molecule has 0 aromatic heterocycles. The highest BCUT2D eigenvalue weighted by atomic mass is 32.1. The summed E-state index contributed by atoms with van der Waals surface area (Å²) >= 11 is 3.85. The molecule has 4 atom stereocenters. The molecule has 0 fully saturated rings. The molecule has 0 aromatic rings. The Hall–Kier alpha value is -2.91. The van der Waals surface area contributed by atoms with Gasteiger partial charge in [0.2, 0.25) is 23.6 Å². The van der Waals surface area contributed by atoms with Gasteiger partial charge >= 0.3 is 11.9 Å². The standard InChI is InChI=1S/C17H30N6O8S/c18-4-2-1-3-9(15(28)23-11(7-32)17(30)31)21-16(29)10(6-13(25)26)22-14(27)8(19)5-12(20)24/h8-11,32H,1-7,18-19H2,(H2,20,24)(H,21,29)(H,22,27)(H,23,28)(H,25,26)(H,30,31). The van der Waals surface area contributed by atoms with Crippen molar-refractivity contribution in [3.05, 3.63) is 0 Å². The zero-order chi connectivity index (χ0) is 24.8. The molecule has 32 heavy (non-hydrogen) atoms. The molecule has 0 bridgehead atoms. The van der Waals surface area contributed by atoms with Crippen LogP contribution < -0.4 is 33.2 Å². The molecule has 0 radical (unpaired) electrons. The second-order valence-electron chi connectivity index (χ2n) is 6.86. The number of hydrogen-bond donors (Lipinski definition) is 9. The maximum absolute atomic E-state index is 12.6. The van der Waals surface area contributed by atoms with E-state index in [-0.39, 0.29) is 12.2 Å². The fraction of sp³-hybridized carbons (Fsp3) is 0.647. The van der Waals surface area contributed by atoms with Crippen molar-refractivity contribution in [3.8, 4) is 0 Å². The molecule has 0 aliphatic heterocycles. The normalized spacial score (nSPS) is 14.3. The number of carbonyl (C=O) groups excluding carboxylic acids is 4. The number of carboxylic acid groups (broad SMARTS) is 2. The molecule has 0 aliphatic rings. The highest BCUT2D eigenvalue weighted by molar-refractivity contribution is 7.80. The number of thiol groups is 1. The lowest BCUT2D eigenvalue weighted by molar-refractivity contribution is -0.143. The second-order valence-corrected chi connectivity index (χ2v) is 7.23. The summed E-state index contributed by atoms with van der Waals surface area (Å²) in [5.74, 6) is -6.68. The first kappa shape index (κ1) is 29.1. The third-order valence-corrected chi connectivity index (χ3v) is 4.51. The molecular formula is C17H30N6O8S. The molecule has 0 aliphatic carbocycles. The third kappa shape index (κ3) is 11.5. The van der Waals surface area contributed by atoms with Gasteiger partial charge in [-0.15, -0.1) is 0 Å². The summed E-state index contributed by atoms with van der Waals surface area (Å²) in [4.78, 5) is 70.4. The Morgan fingerprint density at radius 2 is 1.34 bits per heavy atom. The molecule has 0 spiro atoms. The lowest BCUT2D eigenvalue weighted by atomic mass is 10.1. The minimum atomic E-state index is -1.62. The smallest absolute Gasteiger partial charge is 0.327 e. The van der Waals surface area contributed by atoms with Gasteiger partial charge in [-0.3, -0.25) is 24.0 Å². The maximum Gasteiger partial charge on any atom is 0.327 e. The lowest BCUT2D eigenvalue weighted by Gasteiger charge is -2.24. The monoisotopic (exact) mass is 478 g/mol. The predicted molar refractivity (Wildman–Crippen MR) is 114 cm³/mol. The van der Waals surface area contributed by atoms with Gasteiger partial charge in [0.25, 0.3) is 0 Å². The van der Waals surface area contributed by atoms with Crippen molar-refractivity contribution in [2.24, 2.45) is 17.2 Å². The van der Waals surface area contributed by atoms with Crippen molar-refractivity contribution in [1.29, 1.82) is 0 Å². The number of carbonyl (C=O) groups is 6. The molecule has 182 valence electrons. The Balaban J connectivity index is 5.44. The van der Waals surface area contributed by atoms with E-state index in [2.05, 4.69) is 28.6 Å². The number of hydrogen-bond acceptors (Lipinski definition) is 9. The van der Waals surface area contributed by atoms with Crippen LogP contribution in [0, 0.1) is 0 Å². The van der Waals surface area contributed by atoms with Gasteiger partial charge in [0, 0.05) is 5.75 Å². The summed E-state index contributed by atoms with van der Waals surface area (Å²) in [6.45, 7) is 0.312. The average Bonchev–Trinajstić information content (AvgIpc) is 2.69. The fourth-order valence-electron chi connectivity index (χ4n) is 2.46. The van der Waals surface area contributed by atoms with Crippen molar-refractivity contribution < 1.29 is 39.0 Å². The van der Waals surface area contributed by atoms with E-state index in [9.17, 15) is 28.8 Å². The molecule has 14 nitrogen and oxygen atoms in total. The van der Waals surface area contributed by atoms with Crippen molar-refractivity contribution in [2.75, 3.05) is 12.3 Å². The van der Waals surface area contributed by atoms with E-state index in [0.717, 1.165) is 0 Å². The van der Waals surface area contributed by atoms with E-state index < -0.39 is 72.6 Å². The number of nitrogens with two attached hydrogens (primary N) is 3. The van der Waals surface area contributed by atoms with E-state index in [0.29, 0.717) is 19.4 Å². The molecule has 0 heterocycles. The molecule has 4 amide bonds. The van der Waals surface area contributed by atoms with E-state index in [1.54, 1.807) is 0 Å². The predicted octanol–water partition coefficient (Wildman–Crippen LogP) is -3.74. The van der Waals surface area contributed by atoms with Crippen LogP contribution in [-0.4, -0.2) is 82.2 Å². The van der Waals surface area contributed by atoms with Crippen LogP contribution in [0.15, 0.2) is 0 Å². The van der Waals surface area contributed by atoms with Crippen molar-refractivity contribution in [1.82, 2.24) is 16.0 Å². The van der Waals surface area contributed by atoms with Crippen LogP contribution in [0.2, 0.25) is 0 Å². The first-order chi connectivity index (χ1) is 14.9. The lowest BCUT2D eigenvalue weighted by Crippen LogP contribution is -2.57. The largest absolute Gasteiger partial charge is 0.481 e. The second kappa shape index (κ2) is 15.0. The fourth-order valence-corrected chi connectivity index (χ4v) is 2.71. The number of amides is 4. The Bertz CT molecular complexity index is 707. The maximum atomic E-state index is 12.6. The first-order valence-corrected chi connectivity index (χ1v) is 10.3. The highest BCUT2D eigenvalue weighted by Gasteiger charge is 2.31. The molecule has 0 rings (SSSR count). The molecular weight excluding hydrogens is 448 g/mol. The van der Waals surface area contributed by atoms with Crippen LogP contribution in [0.1, 0.15) is 32.1 Å². The molecule has 11 N–H and O–H groups in total. The highest BCUT2D eigenvalue weighted by Crippen LogP contribution is 2.05. The third-order valence-electron chi connectivity index (χ3n) is 4.15. The van der Waals surface area contributed by atoms with E-state index in [1.165, 1.54) is 0 Å². The van der Waals surface area contributed by atoms with Crippen LogP contribution in [0.25, 0.3) is 0 Å². The number of primary amides is 1. The van der Waals surface area contributed by atoms with Crippen molar-refractivity contribution >= 4 is 48.2 Å².